The SMILES string of the molecule is CCO[C@H]([C@H](Cl)c1ccccc1)N(C)S(=O)(=O)c1ccccc1. The summed E-state index contributed by atoms with van der Waals surface area (Å²) in [7, 11) is -2.20. The molecule has 0 aromatic heterocycles. The van der Waals surface area contributed by atoms with E-state index in [1.165, 1.54) is 11.4 Å². The van der Waals surface area contributed by atoms with Crippen molar-refractivity contribution >= 4 is 21.6 Å². The number of sulfonamides is 1. The second-order valence-corrected chi connectivity index (χ2v) is 7.46. The largest absolute Gasteiger partial charge is 0.360 e. The highest BCUT2D eigenvalue weighted by Gasteiger charge is 2.34. The monoisotopic (exact) mass is 353 g/mol. The second kappa shape index (κ2) is 7.93. The van der Waals surface area contributed by atoms with E-state index >= 15 is 0 Å². The molecule has 124 valence electrons. The van der Waals surface area contributed by atoms with Gasteiger partial charge in [-0.15, -0.1) is 11.6 Å². The first kappa shape index (κ1) is 17.9. The summed E-state index contributed by atoms with van der Waals surface area (Å²) in [5.41, 5.74) is 0.808. The molecule has 0 radical (unpaired) electrons. The van der Waals surface area contributed by atoms with E-state index in [0.29, 0.717) is 6.61 Å². The molecule has 0 heterocycles. The van der Waals surface area contributed by atoms with Crippen molar-refractivity contribution in [1.82, 2.24) is 4.31 Å². The number of nitrogens with zero attached hydrogens (tertiary/aromatic N) is 1. The van der Waals surface area contributed by atoms with Crippen LogP contribution in [0.2, 0.25) is 0 Å². The minimum atomic E-state index is -3.69. The zero-order valence-electron chi connectivity index (χ0n) is 13.1. The van der Waals surface area contributed by atoms with Gasteiger partial charge in [0.25, 0.3) is 0 Å². The maximum atomic E-state index is 12.8. The van der Waals surface area contributed by atoms with Gasteiger partial charge in [-0.2, -0.15) is 4.31 Å². The van der Waals surface area contributed by atoms with Crippen molar-refractivity contribution in [3.05, 3.63) is 66.2 Å². The van der Waals surface area contributed by atoms with Gasteiger partial charge in [0, 0.05) is 13.7 Å². The Morgan fingerprint density at radius 2 is 1.57 bits per heavy atom. The Morgan fingerprint density at radius 3 is 2.09 bits per heavy atom. The molecule has 0 unspecified atom stereocenters. The molecule has 0 amide bonds. The number of ether oxygens (including phenoxy) is 1. The Bertz CT molecular complexity index is 707. The highest BCUT2D eigenvalue weighted by atomic mass is 35.5. The summed E-state index contributed by atoms with van der Waals surface area (Å²) < 4.78 is 32.4. The minimum Gasteiger partial charge on any atom is -0.360 e. The van der Waals surface area contributed by atoms with Crippen molar-refractivity contribution in [3.63, 3.8) is 0 Å². The van der Waals surface area contributed by atoms with E-state index in [4.69, 9.17) is 16.3 Å². The van der Waals surface area contributed by atoms with Gasteiger partial charge in [-0.05, 0) is 24.6 Å². The van der Waals surface area contributed by atoms with Crippen molar-refractivity contribution in [1.29, 1.82) is 0 Å². The van der Waals surface area contributed by atoms with Gasteiger partial charge in [-0.25, -0.2) is 8.42 Å². The lowest BCUT2D eigenvalue weighted by atomic mass is 10.1. The summed E-state index contributed by atoms with van der Waals surface area (Å²) in [4.78, 5) is 0.212. The van der Waals surface area contributed by atoms with Crippen molar-refractivity contribution in [3.8, 4) is 0 Å². The number of alkyl halides is 1. The first-order valence-electron chi connectivity index (χ1n) is 7.32. The summed E-state index contributed by atoms with van der Waals surface area (Å²) in [6, 6.07) is 17.6. The fourth-order valence-electron chi connectivity index (χ4n) is 2.24. The molecule has 2 aromatic rings. The molecule has 4 nitrogen and oxygen atoms in total. The summed E-state index contributed by atoms with van der Waals surface area (Å²) in [6.07, 6.45) is -0.797. The average Bonchev–Trinajstić information content (AvgIpc) is 2.60. The summed E-state index contributed by atoms with van der Waals surface area (Å²) in [5, 5.41) is -0.611. The van der Waals surface area contributed by atoms with Crippen LogP contribution in [0.5, 0.6) is 0 Å². The first-order valence-corrected chi connectivity index (χ1v) is 9.20. The predicted molar refractivity (Wildman–Crippen MR) is 91.8 cm³/mol. The van der Waals surface area contributed by atoms with Crippen LogP contribution in [0.1, 0.15) is 17.9 Å². The zero-order valence-corrected chi connectivity index (χ0v) is 14.7. The van der Waals surface area contributed by atoms with E-state index in [2.05, 4.69) is 0 Å². The predicted octanol–water partition coefficient (Wildman–Crippen LogP) is 3.65. The molecule has 2 rings (SSSR count). The molecule has 6 heteroatoms. The number of rotatable bonds is 7. The van der Waals surface area contributed by atoms with E-state index in [0.717, 1.165) is 5.56 Å². The third-order valence-corrected chi connectivity index (χ3v) is 5.79. The molecule has 0 spiro atoms. The van der Waals surface area contributed by atoms with Crippen molar-refractivity contribution in [2.45, 2.75) is 23.4 Å². The molecule has 2 atom stereocenters. The maximum Gasteiger partial charge on any atom is 0.245 e. The Hall–Kier alpha value is -1.40. The van der Waals surface area contributed by atoms with Crippen LogP contribution in [0.4, 0.5) is 0 Å². The van der Waals surface area contributed by atoms with Crippen LogP contribution in [-0.2, 0) is 14.8 Å². The van der Waals surface area contributed by atoms with Crippen LogP contribution in [0.15, 0.2) is 65.6 Å². The normalized spacial score (nSPS) is 14.6. The number of halogens is 1. The van der Waals surface area contributed by atoms with Gasteiger partial charge in [0.05, 0.1) is 10.3 Å². The highest BCUT2D eigenvalue weighted by molar-refractivity contribution is 7.89. The topological polar surface area (TPSA) is 46.6 Å². The number of hydrogen-bond acceptors (Lipinski definition) is 3. The van der Waals surface area contributed by atoms with E-state index in [9.17, 15) is 8.42 Å². The molecule has 2 aromatic carbocycles. The fourth-order valence-corrected chi connectivity index (χ4v) is 3.99. The molecule has 0 bridgehead atoms. The minimum absolute atomic E-state index is 0.212. The Kier molecular flexibility index (Phi) is 6.18. The lowest BCUT2D eigenvalue weighted by Gasteiger charge is -2.30. The van der Waals surface area contributed by atoms with E-state index in [-0.39, 0.29) is 4.90 Å². The Morgan fingerprint density at radius 1 is 1.04 bits per heavy atom. The average molecular weight is 354 g/mol. The number of likely N-dealkylation sites (N-methyl/N-ethyl adjacent to an activating group) is 1. The van der Waals surface area contributed by atoms with Crippen LogP contribution < -0.4 is 0 Å². The third-order valence-electron chi connectivity index (χ3n) is 3.48. The van der Waals surface area contributed by atoms with Gasteiger partial charge in [-0.3, -0.25) is 0 Å². The molecule has 0 fully saturated rings. The van der Waals surface area contributed by atoms with Crippen LogP contribution in [-0.4, -0.2) is 32.6 Å². The zero-order chi connectivity index (χ0) is 16.9. The van der Waals surface area contributed by atoms with Crippen LogP contribution in [0.25, 0.3) is 0 Å². The molecule has 0 saturated heterocycles. The molecule has 0 aliphatic rings. The lowest BCUT2D eigenvalue weighted by Crippen LogP contribution is -2.41. The van der Waals surface area contributed by atoms with Crippen molar-refractivity contribution in [2.24, 2.45) is 0 Å². The highest BCUT2D eigenvalue weighted by Crippen LogP contribution is 2.30. The van der Waals surface area contributed by atoms with Crippen LogP contribution >= 0.6 is 11.6 Å². The molecular weight excluding hydrogens is 334 g/mol. The molecular formula is C17H20ClNO3S. The standard InChI is InChI=1S/C17H20ClNO3S/c1-3-22-17(16(18)14-10-6-4-7-11-14)19(2)23(20,21)15-12-8-5-9-13-15/h4-13,16-17H,3H2,1-2H3/t16-,17-/m1/s1. The third kappa shape index (κ3) is 4.12. The molecule has 0 N–H and O–H groups in total. The smallest absolute Gasteiger partial charge is 0.245 e. The van der Waals surface area contributed by atoms with Crippen molar-refractivity contribution in [2.75, 3.05) is 13.7 Å². The number of benzene rings is 2. The summed E-state index contributed by atoms with van der Waals surface area (Å²) in [5.74, 6) is 0. The Labute approximate surface area is 142 Å². The van der Waals surface area contributed by atoms with Crippen LogP contribution in [0.3, 0.4) is 0 Å². The molecule has 23 heavy (non-hydrogen) atoms. The van der Waals surface area contributed by atoms with E-state index in [1.54, 1.807) is 30.3 Å². The van der Waals surface area contributed by atoms with Gasteiger partial charge in [0.15, 0.2) is 0 Å². The fraction of sp³-hybridized carbons (Fsp3) is 0.294. The maximum absolute atomic E-state index is 12.8. The van der Waals surface area contributed by atoms with Crippen molar-refractivity contribution < 1.29 is 13.2 Å². The first-order chi connectivity index (χ1) is 11.0. The molecule has 0 aliphatic carbocycles. The van der Waals surface area contributed by atoms with Gasteiger partial charge in [-0.1, -0.05) is 48.5 Å². The Balaban J connectivity index is 2.33. The molecule has 0 aliphatic heterocycles. The lowest BCUT2D eigenvalue weighted by molar-refractivity contribution is -0.00599. The van der Waals surface area contributed by atoms with Gasteiger partial charge >= 0.3 is 0 Å². The van der Waals surface area contributed by atoms with Gasteiger partial charge in [0.1, 0.15) is 6.23 Å². The summed E-state index contributed by atoms with van der Waals surface area (Å²) >= 11 is 6.51. The van der Waals surface area contributed by atoms with Gasteiger partial charge < -0.3 is 4.74 Å². The second-order valence-electron chi connectivity index (χ2n) is 4.99. The molecule has 0 saturated carbocycles. The van der Waals surface area contributed by atoms with E-state index < -0.39 is 21.6 Å². The van der Waals surface area contributed by atoms with Crippen LogP contribution in [0, 0.1) is 0 Å². The quantitative estimate of drug-likeness (QED) is 0.564. The number of hydrogen-bond donors (Lipinski definition) is 0. The van der Waals surface area contributed by atoms with Gasteiger partial charge in [0.2, 0.25) is 10.0 Å². The summed E-state index contributed by atoms with van der Waals surface area (Å²) in [6.45, 7) is 2.17. The van der Waals surface area contributed by atoms with E-state index in [1.807, 2.05) is 37.3 Å².